The van der Waals surface area contributed by atoms with Gasteiger partial charge in [-0.3, -0.25) is 0 Å². The molecule has 1 heterocycles. The highest BCUT2D eigenvalue weighted by Gasteiger charge is 2.01. The number of pyridine rings is 1. The Balaban J connectivity index is 3.05. The molecule has 1 aromatic rings. The Morgan fingerprint density at radius 1 is 1.55 bits per heavy atom. The van der Waals surface area contributed by atoms with Gasteiger partial charge in [0.05, 0.1) is 0 Å². The van der Waals surface area contributed by atoms with Crippen molar-refractivity contribution in [1.29, 1.82) is 0 Å². The molecule has 0 aromatic carbocycles. The third kappa shape index (κ3) is 1.68. The number of rotatable bonds is 1. The number of anilines is 1. The zero-order valence-electron chi connectivity index (χ0n) is 6.83. The van der Waals surface area contributed by atoms with Gasteiger partial charge >= 0.3 is 0 Å². The highest BCUT2D eigenvalue weighted by Crippen LogP contribution is 2.13. The zero-order valence-corrected chi connectivity index (χ0v) is 6.83. The molecule has 0 fully saturated rings. The number of hydrogen-bond donors (Lipinski definition) is 2. The molecule has 1 atom stereocenters. The number of nitrogens with zero attached hydrogens (tertiary/aromatic N) is 1. The van der Waals surface area contributed by atoms with Crippen molar-refractivity contribution < 1.29 is 0 Å². The van der Waals surface area contributed by atoms with E-state index in [1.807, 2.05) is 19.9 Å². The smallest absolute Gasteiger partial charge is 0.126 e. The Hall–Kier alpha value is -1.09. The summed E-state index contributed by atoms with van der Waals surface area (Å²) in [6.45, 7) is 3.85. The van der Waals surface area contributed by atoms with E-state index in [4.69, 9.17) is 11.5 Å². The molecule has 0 radical (unpaired) electrons. The molecular weight excluding hydrogens is 138 g/mol. The zero-order chi connectivity index (χ0) is 8.43. The van der Waals surface area contributed by atoms with E-state index in [0.29, 0.717) is 5.82 Å². The van der Waals surface area contributed by atoms with Gasteiger partial charge in [0.25, 0.3) is 0 Å². The van der Waals surface area contributed by atoms with Crippen molar-refractivity contribution in [2.24, 2.45) is 5.73 Å². The maximum absolute atomic E-state index is 5.65. The first kappa shape index (κ1) is 8.01. The standard InChI is InChI=1S/C8H13N3/c1-5-3-7(6(2)9)4-11-8(5)10/h3-4,6H,9H2,1-2H3,(H2,10,11)/t6-/m0/s1. The van der Waals surface area contributed by atoms with Gasteiger partial charge < -0.3 is 11.5 Å². The topological polar surface area (TPSA) is 64.9 Å². The van der Waals surface area contributed by atoms with Crippen LogP contribution in [0.3, 0.4) is 0 Å². The van der Waals surface area contributed by atoms with Gasteiger partial charge in [-0.2, -0.15) is 0 Å². The molecule has 0 spiro atoms. The molecule has 1 rings (SSSR count). The first-order valence-corrected chi connectivity index (χ1v) is 3.59. The first-order valence-electron chi connectivity index (χ1n) is 3.59. The van der Waals surface area contributed by atoms with Crippen LogP contribution in [-0.4, -0.2) is 4.98 Å². The van der Waals surface area contributed by atoms with Gasteiger partial charge in [0.1, 0.15) is 5.82 Å². The summed E-state index contributed by atoms with van der Waals surface area (Å²) in [5, 5.41) is 0. The molecule has 0 aliphatic rings. The fourth-order valence-electron chi connectivity index (χ4n) is 0.856. The van der Waals surface area contributed by atoms with Crippen molar-refractivity contribution in [2.75, 3.05) is 5.73 Å². The van der Waals surface area contributed by atoms with Gasteiger partial charge in [-0.15, -0.1) is 0 Å². The molecule has 0 aliphatic heterocycles. The summed E-state index contributed by atoms with van der Waals surface area (Å²) in [5.74, 6) is 0.578. The maximum Gasteiger partial charge on any atom is 0.126 e. The number of nitrogen functional groups attached to an aromatic ring is 1. The minimum atomic E-state index is 0.0294. The second kappa shape index (κ2) is 2.88. The highest BCUT2D eigenvalue weighted by atomic mass is 14.8. The van der Waals surface area contributed by atoms with Crippen LogP contribution in [0.15, 0.2) is 12.3 Å². The van der Waals surface area contributed by atoms with E-state index in [1.54, 1.807) is 6.20 Å². The van der Waals surface area contributed by atoms with Crippen LogP contribution in [0.5, 0.6) is 0 Å². The van der Waals surface area contributed by atoms with Crippen LogP contribution in [0.2, 0.25) is 0 Å². The monoisotopic (exact) mass is 151 g/mol. The van der Waals surface area contributed by atoms with Crippen LogP contribution in [-0.2, 0) is 0 Å². The summed E-state index contributed by atoms with van der Waals surface area (Å²) in [6, 6.07) is 1.99. The maximum atomic E-state index is 5.65. The molecule has 0 saturated heterocycles. The summed E-state index contributed by atoms with van der Waals surface area (Å²) in [4.78, 5) is 4.00. The first-order chi connectivity index (χ1) is 5.11. The molecule has 1 aromatic heterocycles. The van der Waals surface area contributed by atoms with E-state index >= 15 is 0 Å². The van der Waals surface area contributed by atoms with Gasteiger partial charge in [0, 0.05) is 12.2 Å². The Morgan fingerprint density at radius 3 is 2.64 bits per heavy atom. The quantitative estimate of drug-likeness (QED) is 0.629. The predicted octanol–water partition coefficient (Wildman–Crippen LogP) is 0.992. The van der Waals surface area contributed by atoms with Crippen LogP contribution in [0, 0.1) is 6.92 Å². The lowest BCUT2D eigenvalue weighted by molar-refractivity contribution is 0.810. The molecule has 0 bridgehead atoms. The third-order valence-corrected chi connectivity index (χ3v) is 1.67. The van der Waals surface area contributed by atoms with E-state index in [0.717, 1.165) is 11.1 Å². The molecular formula is C8H13N3. The minimum Gasteiger partial charge on any atom is -0.383 e. The lowest BCUT2D eigenvalue weighted by atomic mass is 10.1. The number of hydrogen-bond acceptors (Lipinski definition) is 3. The van der Waals surface area contributed by atoms with E-state index in [1.165, 1.54) is 0 Å². The SMILES string of the molecule is Cc1cc([C@H](C)N)cnc1N. The molecule has 4 N–H and O–H groups in total. The van der Waals surface area contributed by atoms with E-state index in [2.05, 4.69) is 4.98 Å². The summed E-state index contributed by atoms with van der Waals surface area (Å²) in [5.41, 5.74) is 13.2. The summed E-state index contributed by atoms with van der Waals surface area (Å²) in [6.07, 6.45) is 1.72. The summed E-state index contributed by atoms with van der Waals surface area (Å²) in [7, 11) is 0. The third-order valence-electron chi connectivity index (χ3n) is 1.67. The van der Waals surface area contributed by atoms with Gasteiger partial charge in [0.2, 0.25) is 0 Å². The highest BCUT2D eigenvalue weighted by molar-refractivity contribution is 5.40. The largest absolute Gasteiger partial charge is 0.383 e. The lowest BCUT2D eigenvalue weighted by Crippen LogP contribution is -2.06. The normalized spacial score (nSPS) is 13.0. The van der Waals surface area contributed by atoms with Crippen LogP contribution >= 0.6 is 0 Å². The number of aryl methyl sites for hydroxylation is 1. The van der Waals surface area contributed by atoms with Gasteiger partial charge in [0.15, 0.2) is 0 Å². The van der Waals surface area contributed by atoms with Crippen molar-refractivity contribution >= 4 is 5.82 Å². The van der Waals surface area contributed by atoms with Crippen LogP contribution in [0.4, 0.5) is 5.82 Å². The van der Waals surface area contributed by atoms with E-state index in [9.17, 15) is 0 Å². The molecule has 0 unspecified atom stereocenters. The van der Waals surface area contributed by atoms with Gasteiger partial charge in [-0.25, -0.2) is 4.98 Å². The van der Waals surface area contributed by atoms with E-state index in [-0.39, 0.29) is 6.04 Å². The molecule has 3 nitrogen and oxygen atoms in total. The molecule has 60 valence electrons. The van der Waals surface area contributed by atoms with Gasteiger partial charge in [-0.1, -0.05) is 0 Å². The molecule has 11 heavy (non-hydrogen) atoms. The number of aromatic nitrogens is 1. The Labute approximate surface area is 66.4 Å². The van der Waals surface area contributed by atoms with Crippen LogP contribution in [0.25, 0.3) is 0 Å². The van der Waals surface area contributed by atoms with Crippen molar-refractivity contribution in [3.05, 3.63) is 23.4 Å². The Bertz CT molecular complexity index is 256. The molecule has 0 amide bonds. The van der Waals surface area contributed by atoms with Crippen molar-refractivity contribution in [3.63, 3.8) is 0 Å². The Morgan fingerprint density at radius 2 is 2.18 bits per heavy atom. The second-order valence-electron chi connectivity index (χ2n) is 2.76. The lowest BCUT2D eigenvalue weighted by Gasteiger charge is -2.06. The fraction of sp³-hybridized carbons (Fsp3) is 0.375. The number of nitrogens with two attached hydrogens (primary N) is 2. The van der Waals surface area contributed by atoms with Crippen molar-refractivity contribution in [2.45, 2.75) is 19.9 Å². The second-order valence-corrected chi connectivity index (χ2v) is 2.76. The molecule has 0 aliphatic carbocycles. The summed E-state index contributed by atoms with van der Waals surface area (Å²) < 4.78 is 0. The average molecular weight is 151 g/mol. The van der Waals surface area contributed by atoms with Gasteiger partial charge in [-0.05, 0) is 31.0 Å². The Kier molecular flexibility index (Phi) is 2.10. The fourth-order valence-corrected chi connectivity index (χ4v) is 0.856. The van der Waals surface area contributed by atoms with Crippen LogP contribution in [0.1, 0.15) is 24.1 Å². The summed E-state index contributed by atoms with van der Waals surface area (Å²) >= 11 is 0. The van der Waals surface area contributed by atoms with Crippen molar-refractivity contribution in [1.82, 2.24) is 4.98 Å². The minimum absolute atomic E-state index is 0.0294. The molecule has 0 saturated carbocycles. The molecule has 3 heteroatoms. The van der Waals surface area contributed by atoms with E-state index < -0.39 is 0 Å². The van der Waals surface area contributed by atoms with Crippen molar-refractivity contribution in [3.8, 4) is 0 Å². The average Bonchev–Trinajstić information content (AvgIpc) is 1.94. The predicted molar refractivity (Wildman–Crippen MR) is 46.0 cm³/mol. The van der Waals surface area contributed by atoms with Crippen LogP contribution < -0.4 is 11.5 Å².